The van der Waals surface area contributed by atoms with Crippen LogP contribution in [0.4, 0.5) is 5.82 Å². The Bertz CT molecular complexity index is 424. The number of aromatic nitrogens is 1. The van der Waals surface area contributed by atoms with E-state index in [1.54, 1.807) is 19.2 Å². The van der Waals surface area contributed by atoms with Gasteiger partial charge in [0, 0.05) is 20.2 Å². The second kappa shape index (κ2) is 7.96. The van der Waals surface area contributed by atoms with Gasteiger partial charge in [0.15, 0.2) is 0 Å². The van der Waals surface area contributed by atoms with Crippen molar-refractivity contribution in [3.05, 3.63) is 22.8 Å². The first-order chi connectivity index (χ1) is 9.04. The van der Waals surface area contributed by atoms with Gasteiger partial charge >= 0.3 is 0 Å². The third-order valence-corrected chi connectivity index (χ3v) is 2.61. The normalized spacial score (nSPS) is 10.6. The number of halogens is 1. The minimum Gasteiger partial charge on any atom is -0.379 e. The van der Waals surface area contributed by atoms with Gasteiger partial charge in [-0.3, -0.25) is 4.79 Å². The van der Waals surface area contributed by atoms with E-state index in [9.17, 15) is 4.79 Å². The Morgan fingerprint density at radius 3 is 2.84 bits per heavy atom. The second-order valence-electron chi connectivity index (χ2n) is 4.50. The van der Waals surface area contributed by atoms with Crippen LogP contribution in [0.1, 0.15) is 24.3 Å². The van der Waals surface area contributed by atoms with Gasteiger partial charge in [0.2, 0.25) is 0 Å². The first-order valence-corrected chi connectivity index (χ1v) is 6.62. The Kier molecular flexibility index (Phi) is 6.59. The number of ether oxygens (including phenoxy) is 1. The van der Waals surface area contributed by atoms with Gasteiger partial charge in [0.05, 0.1) is 11.6 Å². The van der Waals surface area contributed by atoms with E-state index in [4.69, 9.17) is 16.3 Å². The number of carbonyl (C=O) groups excluding carboxylic acids is 1. The molecule has 19 heavy (non-hydrogen) atoms. The maximum Gasteiger partial charge on any atom is 0.271 e. The molecular formula is C13H20ClN3O2. The highest BCUT2D eigenvalue weighted by atomic mass is 35.5. The Morgan fingerprint density at radius 2 is 2.21 bits per heavy atom. The van der Waals surface area contributed by atoms with Gasteiger partial charge in [-0.15, -0.1) is 0 Å². The molecule has 5 nitrogen and oxygen atoms in total. The lowest BCUT2D eigenvalue weighted by Gasteiger charge is -2.09. The summed E-state index contributed by atoms with van der Waals surface area (Å²) >= 11 is 5.95. The molecule has 2 N–H and O–H groups in total. The maximum atomic E-state index is 11.9. The van der Waals surface area contributed by atoms with Gasteiger partial charge in [-0.05, 0) is 18.1 Å². The number of pyridine rings is 1. The Labute approximate surface area is 118 Å². The second-order valence-corrected chi connectivity index (χ2v) is 4.91. The first-order valence-electron chi connectivity index (χ1n) is 6.24. The van der Waals surface area contributed by atoms with E-state index < -0.39 is 0 Å². The number of nitrogens with one attached hydrogen (secondary N) is 2. The topological polar surface area (TPSA) is 63.2 Å². The van der Waals surface area contributed by atoms with Crippen LogP contribution >= 0.6 is 11.6 Å². The third kappa shape index (κ3) is 5.44. The summed E-state index contributed by atoms with van der Waals surface area (Å²) in [6, 6.07) is 3.36. The molecular weight excluding hydrogens is 266 g/mol. The van der Waals surface area contributed by atoms with Crippen LogP contribution in [-0.2, 0) is 4.74 Å². The first kappa shape index (κ1) is 15.7. The molecule has 0 spiro atoms. The molecule has 6 heteroatoms. The lowest BCUT2D eigenvalue weighted by Crippen LogP contribution is -2.28. The lowest BCUT2D eigenvalue weighted by atomic mass is 10.2. The molecule has 0 unspecified atom stereocenters. The van der Waals surface area contributed by atoms with Crippen molar-refractivity contribution in [1.29, 1.82) is 0 Å². The van der Waals surface area contributed by atoms with E-state index in [2.05, 4.69) is 29.5 Å². The van der Waals surface area contributed by atoms with Crippen molar-refractivity contribution in [2.45, 2.75) is 13.8 Å². The van der Waals surface area contributed by atoms with Crippen molar-refractivity contribution in [3.8, 4) is 0 Å². The molecule has 0 aliphatic rings. The largest absolute Gasteiger partial charge is 0.379 e. The lowest BCUT2D eigenvalue weighted by molar-refractivity contribution is 0.0882. The summed E-state index contributed by atoms with van der Waals surface area (Å²) in [6.07, 6.45) is 0. The van der Waals surface area contributed by atoms with Crippen LogP contribution in [-0.4, -0.2) is 37.7 Å². The number of carbonyl (C=O) groups is 1. The summed E-state index contributed by atoms with van der Waals surface area (Å²) < 4.78 is 5.38. The van der Waals surface area contributed by atoms with E-state index in [0.29, 0.717) is 36.5 Å². The molecule has 0 aliphatic heterocycles. The number of nitrogens with zero attached hydrogens (tertiary/aromatic N) is 1. The average molecular weight is 286 g/mol. The molecule has 0 saturated heterocycles. The minimum absolute atomic E-state index is 0.220. The maximum absolute atomic E-state index is 11.9. The monoisotopic (exact) mass is 285 g/mol. The van der Waals surface area contributed by atoms with Crippen LogP contribution in [0.25, 0.3) is 0 Å². The predicted molar refractivity (Wildman–Crippen MR) is 76.8 cm³/mol. The van der Waals surface area contributed by atoms with Gasteiger partial charge in [-0.1, -0.05) is 25.4 Å². The van der Waals surface area contributed by atoms with Gasteiger partial charge in [0.25, 0.3) is 5.91 Å². The Morgan fingerprint density at radius 1 is 1.47 bits per heavy atom. The number of hydrogen-bond donors (Lipinski definition) is 2. The number of amides is 1. The molecule has 1 aromatic rings. The van der Waals surface area contributed by atoms with Crippen molar-refractivity contribution in [2.75, 3.05) is 32.1 Å². The van der Waals surface area contributed by atoms with Crippen molar-refractivity contribution in [1.82, 2.24) is 10.3 Å². The van der Waals surface area contributed by atoms with Crippen LogP contribution < -0.4 is 10.6 Å². The van der Waals surface area contributed by atoms with Crippen LogP contribution in [0.5, 0.6) is 0 Å². The summed E-state index contributed by atoms with van der Waals surface area (Å²) in [4.78, 5) is 16.0. The fourth-order valence-electron chi connectivity index (χ4n) is 1.38. The zero-order valence-corrected chi connectivity index (χ0v) is 12.3. The molecule has 0 aliphatic carbocycles. The highest BCUT2D eigenvalue weighted by Crippen LogP contribution is 2.16. The molecule has 1 aromatic heterocycles. The Hall–Kier alpha value is -1.33. The summed E-state index contributed by atoms with van der Waals surface area (Å²) in [5.41, 5.74) is 0.220. The van der Waals surface area contributed by atoms with E-state index >= 15 is 0 Å². The molecule has 0 bridgehead atoms. The SMILES string of the molecule is CNc1ccc(Cl)c(C(=O)NCCOCC(C)C)n1. The standard InChI is InChI=1S/C13H20ClN3O2/c1-9(2)8-19-7-6-16-13(18)12-10(14)4-5-11(15-3)17-12/h4-5,9H,6-8H2,1-3H3,(H,15,17)(H,16,18). The van der Waals surface area contributed by atoms with Crippen molar-refractivity contribution < 1.29 is 9.53 Å². The van der Waals surface area contributed by atoms with Gasteiger partial charge in [0.1, 0.15) is 11.5 Å². The zero-order valence-electron chi connectivity index (χ0n) is 11.5. The average Bonchev–Trinajstić information content (AvgIpc) is 2.38. The molecule has 106 valence electrons. The van der Waals surface area contributed by atoms with Crippen molar-refractivity contribution >= 4 is 23.3 Å². The highest BCUT2D eigenvalue weighted by Gasteiger charge is 2.12. The van der Waals surface area contributed by atoms with Crippen LogP contribution in [0, 0.1) is 5.92 Å². The van der Waals surface area contributed by atoms with Crippen molar-refractivity contribution in [2.24, 2.45) is 5.92 Å². The molecule has 0 aromatic carbocycles. The minimum atomic E-state index is -0.296. The summed E-state index contributed by atoms with van der Waals surface area (Å²) in [5, 5.41) is 5.92. The molecule has 1 heterocycles. The molecule has 1 rings (SSSR count). The van der Waals surface area contributed by atoms with Crippen LogP contribution in [0.3, 0.4) is 0 Å². The van der Waals surface area contributed by atoms with Gasteiger partial charge in [-0.25, -0.2) is 4.98 Å². The smallest absolute Gasteiger partial charge is 0.271 e. The molecule has 0 radical (unpaired) electrons. The predicted octanol–water partition coefficient (Wildman–Crippen LogP) is 2.18. The zero-order chi connectivity index (χ0) is 14.3. The van der Waals surface area contributed by atoms with Gasteiger partial charge < -0.3 is 15.4 Å². The third-order valence-electron chi connectivity index (χ3n) is 2.30. The molecule has 0 saturated carbocycles. The Balaban J connectivity index is 2.45. The fraction of sp³-hybridized carbons (Fsp3) is 0.538. The molecule has 0 fully saturated rings. The number of anilines is 1. The van der Waals surface area contributed by atoms with E-state index in [-0.39, 0.29) is 11.6 Å². The van der Waals surface area contributed by atoms with Crippen LogP contribution in [0.2, 0.25) is 5.02 Å². The van der Waals surface area contributed by atoms with E-state index in [0.717, 1.165) is 0 Å². The fourth-order valence-corrected chi connectivity index (χ4v) is 1.57. The van der Waals surface area contributed by atoms with Crippen LogP contribution in [0.15, 0.2) is 12.1 Å². The quantitative estimate of drug-likeness (QED) is 0.754. The summed E-state index contributed by atoms with van der Waals surface area (Å²) in [6.45, 7) is 5.75. The summed E-state index contributed by atoms with van der Waals surface area (Å²) in [7, 11) is 1.73. The molecule has 0 atom stereocenters. The van der Waals surface area contributed by atoms with E-state index in [1.807, 2.05) is 0 Å². The van der Waals surface area contributed by atoms with Gasteiger partial charge in [-0.2, -0.15) is 0 Å². The molecule has 1 amide bonds. The van der Waals surface area contributed by atoms with Crippen molar-refractivity contribution in [3.63, 3.8) is 0 Å². The number of rotatable bonds is 7. The van der Waals surface area contributed by atoms with E-state index in [1.165, 1.54) is 0 Å². The summed E-state index contributed by atoms with van der Waals surface area (Å²) in [5.74, 6) is 0.792. The number of hydrogen-bond acceptors (Lipinski definition) is 4. The highest BCUT2D eigenvalue weighted by molar-refractivity contribution is 6.33.